The Morgan fingerprint density at radius 2 is 2.00 bits per heavy atom. The van der Waals surface area contributed by atoms with Crippen molar-refractivity contribution in [2.24, 2.45) is 0 Å². The number of aryl methyl sites for hydroxylation is 1. The summed E-state index contributed by atoms with van der Waals surface area (Å²) in [5.74, 6) is 1.36. The largest absolute Gasteiger partial charge is 0.481 e. The third-order valence-electron chi connectivity index (χ3n) is 4.23. The molecule has 1 saturated heterocycles. The van der Waals surface area contributed by atoms with Crippen molar-refractivity contribution >= 4 is 23.6 Å². The summed E-state index contributed by atoms with van der Waals surface area (Å²) >= 11 is 1.73. The first-order chi connectivity index (χ1) is 11.0. The van der Waals surface area contributed by atoms with Gasteiger partial charge in [-0.2, -0.15) is 11.8 Å². The Kier molecular flexibility index (Phi) is 6.51. The number of nitrogens with zero attached hydrogens (tertiary/aromatic N) is 1. The summed E-state index contributed by atoms with van der Waals surface area (Å²) < 4.78 is 0. The number of amides is 1. The minimum absolute atomic E-state index is 0.0435. The number of hydrogen-bond acceptors (Lipinski definition) is 3. The minimum Gasteiger partial charge on any atom is -0.481 e. The van der Waals surface area contributed by atoms with Gasteiger partial charge in [0.15, 0.2) is 0 Å². The topological polar surface area (TPSA) is 57.6 Å². The molecule has 0 saturated carbocycles. The highest BCUT2D eigenvalue weighted by atomic mass is 32.2. The van der Waals surface area contributed by atoms with Crippen molar-refractivity contribution in [1.82, 2.24) is 4.90 Å². The smallest absolute Gasteiger partial charge is 0.305 e. The van der Waals surface area contributed by atoms with Crippen LogP contribution < -0.4 is 0 Å². The van der Waals surface area contributed by atoms with Crippen LogP contribution in [0.4, 0.5) is 0 Å². The van der Waals surface area contributed by atoms with Crippen LogP contribution in [0.3, 0.4) is 0 Å². The van der Waals surface area contributed by atoms with E-state index >= 15 is 0 Å². The van der Waals surface area contributed by atoms with E-state index < -0.39 is 5.97 Å². The highest BCUT2D eigenvalue weighted by Gasteiger charge is 2.28. The van der Waals surface area contributed by atoms with Gasteiger partial charge in [0.05, 0.1) is 12.5 Å². The van der Waals surface area contributed by atoms with Crippen LogP contribution in [0.2, 0.25) is 0 Å². The van der Waals surface area contributed by atoms with E-state index in [2.05, 4.69) is 38.1 Å². The van der Waals surface area contributed by atoms with E-state index in [1.54, 1.807) is 16.7 Å². The van der Waals surface area contributed by atoms with Gasteiger partial charge in [0.25, 0.3) is 0 Å². The third-order valence-corrected chi connectivity index (χ3v) is 5.32. The second-order valence-corrected chi connectivity index (χ2v) is 7.46. The van der Waals surface area contributed by atoms with Crippen molar-refractivity contribution in [3.8, 4) is 0 Å². The van der Waals surface area contributed by atoms with Gasteiger partial charge in [-0.25, -0.2) is 0 Å². The summed E-state index contributed by atoms with van der Waals surface area (Å²) in [5, 5.41) is 9.00. The molecule has 0 spiro atoms. The fourth-order valence-electron chi connectivity index (χ4n) is 2.82. The quantitative estimate of drug-likeness (QED) is 0.867. The molecule has 1 heterocycles. The Hall–Kier alpha value is -1.49. The van der Waals surface area contributed by atoms with E-state index in [4.69, 9.17) is 5.11 Å². The van der Waals surface area contributed by atoms with Gasteiger partial charge in [-0.1, -0.05) is 38.1 Å². The molecule has 1 unspecified atom stereocenters. The maximum atomic E-state index is 12.5. The molecule has 126 valence electrons. The summed E-state index contributed by atoms with van der Waals surface area (Å²) in [5.41, 5.74) is 2.46. The van der Waals surface area contributed by atoms with Crippen molar-refractivity contribution in [2.75, 3.05) is 18.1 Å². The highest BCUT2D eigenvalue weighted by Crippen LogP contribution is 2.21. The summed E-state index contributed by atoms with van der Waals surface area (Å²) in [6.07, 6.45) is 1.20. The van der Waals surface area contributed by atoms with Crippen LogP contribution in [0, 0.1) is 0 Å². The van der Waals surface area contributed by atoms with Gasteiger partial charge in [0.1, 0.15) is 0 Å². The average molecular weight is 335 g/mol. The number of carboxylic acids is 1. The highest BCUT2D eigenvalue weighted by molar-refractivity contribution is 7.99. The Morgan fingerprint density at radius 3 is 2.61 bits per heavy atom. The molecule has 1 aliphatic heterocycles. The summed E-state index contributed by atoms with van der Waals surface area (Å²) in [4.78, 5) is 25.2. The third kappa shape index (κ3) is 5.27. The number of benzene rings is 1. The molecule has 0 aromatic heterocycles. The SMILES string of the molecule is CC(C)c1ccc(CCC(=O)N2CCSCC2CC(=O)O)cc1. The monoisotopic (exact) mass is 335 g/mol. The predicted molar refractivity (Wildman–Crippen MR) is 93.9 cm³/mol. The number of aliphatic carboxylic acids is 1. The molecular weight excluding hydrogens is 310 g/mol. The van der Waals surface area contributed by atoms with E-state index in [-0.39, 0.29) is 18.4 Å². The molecule has 0 bridgehead atoms. The van der Waals surface area contributed by atoms with Crippen LogP contribution in [0.25, 0.3) is 0 Å². The summed E-state index contributed by atoms with van der Waals surface area (Å²) in [6.45, 7) is 4.98. The Labute approximate surface area is 142 Å². The van der Waals surface area contributed by atoms with Gasteiger partial charge in [-0.15, -0.1) is 0 Å². The van der Waals surface area contributed by atoms with E-state index in [9.17, 15) is 9.59 Å². The van der Waals surface area contributed by atoms with Crippen LogP contribution in [-0.4, -0.2) is 46.0 Å². The first-order valence-corrected chi connectivity index (χ1v) is 9.30. The number of rotatable bonds is 6. The molecule has 0 radical (unpaired) electrons. The van der Waals surface area contributed by atoms with Gasteiger partial charge in [-0.05, 0) is 23.5 Å². The van der Waals surface area contributed by atoms with Crippen LogP contribution in [0.5, 0.6) is 0 Å². The number of carbonyl (C=O) groups is 2. The average Bonchev–Trinajstić information content (AvgIpc) is 2.53. The Morgan fingerprint density at radius 1 is 1.30 bits per heavy atom. The lowest BCUT2D eigenvalue weighted by Crippen LogP contribution is -2.47. The van der Waals surface area contributed by atoms with Crippen LogP contribution >= 0.6 is 11.8 Å². The van der Waals surface area contributed by atoms with Crippen molar-refractivity contribution in [3.63, 3.8) is 0 Å². The van der Waals surface area contributed by atoms with E-state index in [1.807, 2.05) is 0 Å². The summed E-state index contributed by atoms with van der Waals surface area (Å²) in [6, 6.07) is 8.25. The molecule has 2 rings (SSSR count). The molecule has 1 amide bonds. The lowest BCUT2D eigenvalue weighted by atomic mass is 10.00. The minimum atomic E-state index is -0.834. The lowest BCUT2D eigenvalue weighted by Gasteiger charge is -2.34. The Balaban J connectivity index is 1.90. The first-order valence-electron chi connectivity index (χ1n) is 8.15. The van der Waals surface area contributed by atoms with Gasteiger partial charge >= 0.3 is 5.97 Å². The standard InChI is InChI=1S/C18H25NO3S/c1-13(2)15-6-3-14(4-7-15)5-8-17(20)19-9-10-23-12-16(19)11-18(21)22/h3-4,6-7,13,16H,5,8-12H2,1-2H3,(H,21,22). The maximum Gasteiger partial charge on any atom is 0.305 e. The van der Waals surface area contributed by atoms with E-state index in [0.29, 0.717) is 25.3 Å². The zero-order valence-electron chi connectivity index (χ0n) is 13.8. The molecule has 1 aliphatic rings. The van der Waals surface area contributed by atoms with Crippen molar-refractivity contribution < 1.29 is 14.7 Å². The molecule has 23 heavy (non-hydrogen) atoms. The fraction of sp³-hybridized carbons (Fsp3) is 0.556. The fourth-order valence-corrected chi connectivity index (χ4v) is 3.88. The molecule has 1 aromatic rings. The van der Waals surface area contributed by atoms with Gasteiger partial charge < -0.3 is 10.0 Å². The maximum absolute atomic E-state index is 12.5. The molecule has 5 heteroatoms. The molecule has 1 fully saturated rings. The molecule has 4 nitrogen and oxygen atoms in total. The zero-order valence-corrected chi connectivity index (χ0v) is 14.6. The van der Waals surface area contributed by atoms with Crippen LogP contribution in [0.1, 0.15) is 43.7 Å². The zero-order chi connectivity index (χ0) is 16.8. The second-order valence-electron chi connectivity index (χ2n) is 6.31. The summed E-state index contributed by atoms with van der Waals surface area (Å²) in [7, 11) is 0. The molecule has 0 aliphatic carbocycles. The van der Waals surface area contributed by atoms with E-state index in [1.165, 1.54) is 5.56 Å². The molecule has 1 N–H and O–H groups in total. The molecular formula is C18H25NO3S. The molecule has 1 aromatic carbocycles. The second kappa shape index (κ2) is 8.39. The van der Waals surface area contributed by atoms with Crippen molar-refractivity contribution in [2.45, 2.75) is 45.1 Å². The van der Waals surface area contributed by atoms with Crippen molar-refractivity contribution in [3.05, 3.63) is 35.4 Å². The van der Waals surface area contributed by atoms with Gasteiger partial charge in [-0.3, -0.25) is 9.59 Å². The number of hydrogen-bond donors (Lipinski definition) is 1. The van der Waals surface area contributed by atoms with Crippen LogP contribution in [-0.2, 0) is 16.0 Å². The Bertz CT molecular complexity index is 542. The van der Waals surface area contributed by atoms with E-state index in [0.717, 1.165) is 17.1 Å². The normalized spacial score (nSPS) is 18.2. The number of carbonyl (C=O) groups excluding carboxylic acids is 1. The first kappa shape index (κ1) is 17.9. The van der Waals surface area contributed by atoms with Gasteiger partial charge in [0, 0.05) is 24.5 Å². The van der Waals surface area contributed by atoms with Crippen molar-refractivity contribution in [1.29, 1.82) is 0 Å². The van der Waals surface area contributed by atoms with Gasteiger partial charge in [0.2, 0.25) is 5.91 Å². The lowest BCUT2D eigenvalue weighted by molar-refractivity contribution is -0.140. The van der Waals surface area contributed by atoms with Crippen LogP contribution in [0.15, 0.2) is 24.3 Å². The molecule has 1 atom stereocenters. The predicted octanol–water partition coefficient (Wildman–Crippen LogP) is 3.16. The number of thioether (sulfide) groups is 1. The number of carboxylic acid groups (broad SMARTS) is 1.